The summed E-state index contributed by atoms with van der Waals surface area (Å²) in [7, 11) is 0. The van der Waals surface area contributed by atoms with Crippen LogP contribution in [0.5, 0.6) is 0 Å². The average molecular weight is 369 g/mol. The van der Waals surface area contributed by atoms with Gasteiger partial charge in [-0.3, -0.25) is 4.79 Å². The largest absolute Gasteiger partial charge is 0.388 e. The van der Waals surface area contributed by atoms with Crippen molar-refractivity contribution in [1.29, 1.82) is 0 Å². The molecule has 0 spiro atoms. The van der Waals surface area contributed by atoms with Gasteiger partial charge in [-0.05, 0) is 11.1 Å². The molecule has 0 unspecified atom stereocenters. The van der Waals surface area contributed by atoms with Crippen molar-refractivity contribution in [3.63, 3.8) is 0 Å². The van der Waals surface area contributed by atoms with Crippen LogP contribution in [-0.2, 0) is 27.5 Å². The SMILES string of the molecule is O=C1[C@H](OCc2ccccc2)[C@@H](OCc2ccccc2)[C@@H]2[C@@H](O)[C@@H](O)CN12. The van der Waals surface area contributed by atoms with Crippen molar-refractivity contribution in [2.75, 3.05) is 6.54 Å². The molecule has 2 aliphatic heterocycles. The summed E-state index contributed by atoms with van der Waals surface area (Å²) >= 11 is 0. The number of carbonyl (C=O) groups excluding carboxylic acids is 1. The number of aliphatic hydroxyl groups excluding tert-OH is 2. The Morgan fingerprint density at radius 2 is 1.44 bits per heavy atom. The summed E-state index contributed by atoms with van der Waals surface area (Å²) in [6, 6.07) is 18.6. The second-order valence-corrected chi connectivity index (χ2v) is 7.02. The molecular formula is C21H23NO5. The van der Waals surface area contributed by atoms with Crippen LogP contribution in [-0.4, -0.2) is 58.0 Å². The Hall–Kier alpha value is -2.25. The summed E-state index contributed by atoms with van der Waals surface area (Å²) in [5.41, 5.74) is 1.93. The molecule has 2 heterocycles. The molecule has 2 saturated heterocycles. The fourth-order valence-electron chi connectivity index (χ4n) is 3.81. The van der Waals surface area contributed by atoms with E-state index in [1.165, 1.54) is 4.90 Å². The van der Waals surface area contributed by atoms with Gasteiger partial charge in [-0.15, -0.1) is 0 Å². The molecule has 6 heteroatoms. The zero-order valence-electron chi connectivity index (χ0n) is 14.8. The highest BCUT2D eigenvalue weighted by Crippen LogP contribution is 2.34. The molecule has 0 bridgehead atoms. The van der Waals surface area contributed by atoms with Crippen LogP contribution in [0.4, 0.5) is 0 Å². The quantitative estimate of drug-likeness (QED) is 0.797. The van der Waals surface area contributed by atoms with E-state index in [1.54, 1.807) is 0 Å². The van der Waals surface area contributed by atoms with E-state index in [9.17, 15) is 15.0 Å². The van der Waals surface area contributed by atoms with Crippen LogP contribution in [0.3, 0.4) is 0 Å². The summed E-state index contributed by atoms with van der Waals surface area (Å²) < 4.78 is 11.9. The van der Waals surface area contributed by atoms with Gasteiger partial charge in [-0.2, -0.15) is 0 Å². The van der Waals surface area contributed by atoms with Crippen LogP contribution in [0.1, 0.15) is 11.1 Å². The van der Waals surface area contributed by atoms with Crippen molar-refractivity contribution in [1.82, 2.24) is 4.90 Å². The topological polar surface area (TPSA) is 79.2 Å². The molecule has 0 aromatic heterocycles. The minimum atomic E-state index is -1.04. The van der Waals surface area contributed by atoms with Gasteiger partial charge in [0, 0.05) is 6.54 Å². The van der Waals surface area contributed by atoms with Gasteiger partial charge in [-0.25, -0.2) is 0 Å². The number of amides is 1. The predicted molar refractivity (Wildman–Crippen MR) is 97.6 cm³/mol. The summed E-state index contributed by atoms with van der Waals surface area (Å²) in [5, 5.41) is 20.4. The molecule has 142 valence electrons. The van der Waals surface area contributed by atoms with Gasteiger partial charge in [0.25, 0.3) is 5.91 Å². The number of nitrogens with zero attached hydrogens (tertiary/aromatic N) is 1. The standard InChI is InChI=1S/C21H23NO5/c23-16-11-22-17(18(16)24)19(26-12-14-7-3-1-4-8-14)20(21(22)25)27-13-15-9-5-2-6-10-15/h1-10,16-20,23-24H,11-13H2/t16-,17-,18-,19-,20+/m0/s1. The molecule has 2 aromatic rings. The third kappa shape index (κ3) is 3.61. The fraction of sp³-hybridized carbons (Fsp3) is 0.381. The molecule has 2 aromatic carbocycles. The first-order valence-electron chi connectivity index (χ1n) is 9.13. The highest BCUT2D eigenvalue weighted by Gasteiger charge is 2.58. The summed E-state index contributed by atoms with van der Waals surface area (Å²) in [6.07, 6.45) is -3.45. The maximum absolute atomic E-state index is 12.8. The Morgan fingerprint density at radius 3 is 2.04 bits per heavy atom. The molecule has 0 radical (unpaired) electrons. The Bertz CT molecular complexity index is 769. The van der Waals surface area contributed by atoms with E-state index in [2.05, 4.69) is 0 Å². The van der Waals surface area contributed by atoms with Crippen LogP contribution >= 0.6 is 0 Å². The molecule has 1 amide bonds. The van der Waals surface area contributed by atoms with Crippen LogP contribution < -0.4 is 0 Å². The number of carbonyl (C=O) groups is 1. The lowest BCUT2D eigenvalue weighted by molar-refractivity contribution is -0.143. The molecule has 4 rings (SSSR count). The fourth-order valence-corrected chi connectivity index (χ4v) is 3.81. The van der Waals surface area contributed by atoms with Crippen LogP contribution in [0.25, 0.3) is 0 Å². The molecular weight excluding hydrogens is 346 g/mol. The van der Waals surface area contributed by atoms with Crippen molar-refractivity contribution in [2.45, 2.75) is 43.7 Å². The molecule has 6 nitrogen and oxygen atoms in total. The number of rotatable bonds is 6. The number of benzene rings is 2. The summed E-state index contributed by atoms with van der Waals surface area (Å²) in [5.74, 6) is -0.246. The van der Waals surface area contributed by atoms with E-state index in [-0.39, 0.29) is 19.1 Å². The van der Waals surface area contributed by atoms with E-state index in [1.807, 2.05) is 60.7 Å². The van der Waals surface area contributed by atoms with Crippen molar-refractivity contribution in [3.8, 4) is 0 Å². The lowest BCUT2D eigenvalue weighted by atomic mass is 10.0. The van der Waals surface area contributed by atoms with Gasteiger partial charge in [0.05, 0.1) is 25.4 Å². The highest BCUT2D eigenvalue weighted by molar-refractivity contribution is 5.85. The average Bonchev–Trinajstić information content (AvgIpc) is 3.14. The van der Waals surface area contributed by atoms with E-state index >= 15 is 0 Å². The molecule has 5 atom stereocenters. The van der Waals surface area contributed by atoms with Crippen molar-refractivity contribution < 1.29 is 24.5 Å². The number of hydrogen-bond donors (Lipinski definition) is 2. The second kappa shape index (κ2) is 7.78. The van der Waals surface area contributed by atoms with Crippen molar-refractivity contribution in [2.24, 2.45) is 0 Å². The van der Waals surface area contributed by atoms with Crippen LogP contribution in [0.2, 0.25) is 0 Å². The van der Waals surface area contributed by atoms with Crippen LogP contribution in [0.15, 0.2) is 60.7 Å². The number of ether oxygens (including phenoxy) is 2. The first-order chi connectivity index (χ1) is 13.1. The van der Waals surface area contributed by atoms with Crippen molar-refractivity contribution in [3.05, 3.63) is 71.8 Å². The molecule has 27 heavy (non-hydrogen) atoms. The van der Waals surface area contributed by atoms with Gasteiger partial charge < -0.3 is 24.6 Å². The second-order valence-electron chi connectivity index (χ2n) is 7.02. The number of hydrogen-bond acceptors (Lipinski definition) is 5. The maximum Gasteiger partial charge on any atom is 0.255 e. The molecule has 2 aliphatic rings. The Morgan fingerprint density at radius 1 is 0.889 bits per heavy atom. The van der Waals surface area contributed by atoms with Crippen molar-refractivity contribution >= 4 is 5.91 Å². The minimum Gasteiger partial charge on any atom is -0.388 e. The van der Waals surface area contributed by atoms with Gasteiger partial charge in [0.2, 0.25) is 0 Å². The lowest BCUT2D eigenvalue weighted by Crippen LogP contribution is -2.44. The Labute approximate surface area is 157 Å². The predicted octanol–water partition coefficient (Wildman–Crippen LogP) is 1.10. The number of aliphatic hydroxyl groups is 2. The lowest BCUT2D eigenvalue weighted by Gasteiger charge is -2.25. The molecule has 2 fully saturated rings. The third-order valence-corrected chi connectivity index (χ3v) is 5.21. The first-order valence-corrected chi connectivity index (χ1v) is 9.13. The van der Waals surface area contributed by atoms with Crippen LogP contribution in [0, 0.1) is 0 Å². The smallest absolute Gasteiger partial charge is 0.255 e. The van der Waals surface area contributed by atoms with Gasteiger partial charge in [0.1, 0.15) is 12.2 Å². The molecule has 0 saturated carbocycles. The normalized spacial score (nSPS) is 29.9. The Balaban J connectivity index is 1.51. The molecule has 0 aliphatic carbocycles. The monoisotopic (exact) mass is 369 g/mol. The minimum absolute atomic E-state index is 0.0983. The van der Waals surface area contributed by atoms with Gasteiger partial charge in [0.15, 0.2) is 6.10 Å². The summed E-state index contributed by atoms with van der Waals surface area (Å²) in [4.78, 5) is 14.3. The zero-order chi connectivity index (χ0) is 18.8. The number of fused-ring (bicyclic) bond motifs is 1. The maximum atomic E-state index is 12.8. The van der Waals surface area contributed by atoms with E-state index < -0.39 is 30.5 Å². The van der Waals surface area contributed by atoms with Gasteiger partial charge >= 0.3 is 0 Å². The summed E-state index contributed by atoms with van der Waals surface area (Å²) in [6.45, 7) is 0.680. The first kappa shape index (κ1) is 18.1. The third-order valence-electron chi connectivity index (χ3n) is 5.21. The highest BCUT2D eigenvalue weighted by atomic mass is 16.5. The zero-order valence-corrected chi connectivity index (χ0v) is 14.8. The molecule has 2 N–H and O–H groups in total. The van der Waals surface area contributed by atoms with E-state index in [0.717, 1.165) is 11.1 Å². The van der Waals surface area contributed by atoms with E-state index in [4.69, 9.17) is 9.47 Å². The van der Waals surface area contributed by atoms with E-state index in [0.29, 0.717) is 6.61 Å². The van der Waals surface area contributed by atoms with Gasteiger partial charge in [-0.1, -0.05) is 60.7 Å². The Kier molecular flexibility index (Phi) is 5.22.